The number of aromatic nitrogens is 1. The van der Waals surface area contributed by atoms with E-state index in [0.29, 0.717) is 80.0 Å². The summed E-state index contributed by atoms with van der Waals surface area (Å²) in [5, 5.41) is 25.1. The van der Waals surface area contributed by atoms with Crippen LogP contribution in [-0.2, 0) is 17.7 Å². The highest BCUT2D eigenvalue weighted by atomic mass is 32.2. The lowest BCUT2D eigenvalue weighted by Crippen LogP contribution is -2.52. The van der Waals surface area contributed by atoms with Gasteiger partial charge >= 0.3 is 0 Å². The maximum Gasteiger partial charge on any atom is 0.270 e. The van der Waals surface area contributed by atoms with Gasteiger partial charge in [-0.1, -0.05) is 12.1 Å². The number of hydroxylamine groups is 3. The molecule has 1 atom stereocenters. The van der Waals surface area contributed by atoms with Gasteiger partial charge in [-0.2, -0.15) is 5.26 Å². The van der Waals surface area contributed by atoms with Gasteiger partial charge in [0.2, 0.25) is 0 Å². The fourth-order valence-corrected chi connectivity index (χ4v) is 6.37. The summed E-state index contributed by atoms with van der Waals surface area (Å²) in [7, 11) is 0. The predicted octanol–water partition coefficient (Wildman–Crippen LogP) is 3.83. The van der Waals surface area contributed by atoms with Crippen LogP contribution in [0.4, 0.5) is 0 Å². The lowest BCUT2D eigenvalue weighted by molar-refractivity contribution is -0.898. The summed E-state index contributed by atoms with van der Waals surface area (Å²) in [5.74, 6) is -0.678. The molecule has 228 valence electrons. The first-order valence-electron chi connectivity index (χ1n) is 14.7. The quantitative estimate of drug-likeness (QED) is 0.176. The van der Waals surface area contributed by atoms with Crippen LogP contribution in [0.1, 0.15) is 68.0 Å². The smallest absolute Gasteiger partial charge is 0.270 e. The molecule has 44 heavy (non-hydrogen) atoms. The zero-order valence-corrected chi connectivity index (χ0v) is 25.4. The van der Waals surface area contributed by atoms with Crippen LogP contribution < -0.4 is 5.32 Å². The molecule has 3 aromatic rings. The van der Waals surface area contributed by atoms with Crippen molar-refractivity contribution in [1.29, 1.82) is 5.26 Å². The van der Waals surface area contributed by atoms with Crippen molar-refractivity contribution in [3.05, 3.63) is 100 Å². The van der Waals surface area contributed by atoms with Crippen molar-refractivity contribution in [3.8, 4) is 6.07 Å². The average molecular weight is 614 g/mol. The molecule has 2 fully saturated rings. The summed E-state index contributed by atoms with van der Waals surface area (Å²) in [6.45, 7) is 1.97. The van der Waals surface area contributed by atoms with Gasteiger partial charge in [0.1, 0.15) is 18.5 Å². The normalized spacial score (nSPS) is 21.2. The van der Waals surface area contributed by atoms with Crippen LogP contribution >= 0.6 is 0 Å². The molecule has 0 bridgehead atoms. The number of rotatable bonds is 8. The molecule has 3 heterocycles. The van der Waals surface area contributed by atoms with E-state index in [9.17, 15) is 24.1 Å². The minimum Gasteiger partial charge on any atom is -0.633 e. The minimum absolute atomic E-state index is 0.0340. The number of carbonyl (C=O) groups is 3. The number of nitrogens with one attached hydrogen (secondary N) is 1. The number of Topliss-reactive ketones (excluding diaryl/α,β-unsaturated/α-hetero) is 1. The van der Waals surface area contributed by atoms with Crippen molar-refractivity contribution in [3.63, 3.8) is 0 Å². The van der Waals surface area contributed by atoms with Gasteiger partial charge in [-0.25, -0.2) is 0 Å². The number of hydrogen-bond donors (Lipinski definition) is 1. The van der Waals surface area contributed by atoms with E-state index < -0.39 is 11.2 Å². The molecule has 1 unspecified atom stereocenters. The Kier molecular flexibility index (Phi) is 9.76. The highest BCUT2D eigenvalue weighted by Gasteiger charge is 2.30. The topological polar surface area (TPSA) is 149 Å². The van der Waals surface area contributed by atoms with Crippen LogP contribution in [0.15, 0.2) is 71.8 Å². The molecule has 5 rings (SSSR count). The lowest BCUT2D eigenvalue weighted by atomic mass is 9.88. The molecule has 11 heteroatoms. The number of nitriles is 1. The number of nitrogens with zero attached hydrogens (tertiary/aromatic N) is 4. The maximum absolute atomic E-state index is 13.2. The summed E-state index contributed by atoms with van der Waals surface area (Å²) in [4.78, 5) is 45.5. The fraction of sp³-hybridized carbons (Fsp3) is 0.364. The van der Waals surface area contributed by atoms with Crippen LogP contribution in [0.25, 0.3) is 0 Å². The third-order valence-corrected chi connectivity index (χ3v) is 9.46. The number of pyridine rings is 1. The third-order valence-electron chi connectivity index (χ3n) is 8.53. The van der Waals surface area contributed by atoms with Crippen molar-refractivity contribution >= 4 is 28.8 Å². The molecule has 1 aromatic heterocycles. The molecule has 2 amide bonds. The van der Waals surface area contributed by atoms with Crippen LogP contribution in [0.5, 0.6) is 0 Å². The summed E-state index contributed by atoms with van der Waals surface area (Å²) < 4.78 is 11.2. The van der Waals surface area contributed by atoms with E-state index in [-0.39, 0.29) is 39.9 Å². The number of benzene rings is 2. The second-order valence-electron chi connectivity index (χ2n) is 11.6. The monoisotopic (exact) mass is 613 g/mol. The second-order valence-corrected chi connectivity index (χ2v) is 12.9. The van der Waals surface area contributed by atoms with Crippen molar-refractivity contribution in [2.45, 2.75) is 43.2 Å². The molecule has 0 saturated carbocycles. The number of amides is 2. The summed E-state index contributed by atoms with van der Waals surface area (Å²) in [5.41, 5.74) is 2.61. The Morgan fingerprint density at radius 3 is 2.18 bits per heavy atom. The Balaban J connectivity index is 1.08. The molecule has 2 aliphatic rings. The molecular weight excluding hydrogens is 578 g/mol. The summed E-state index contributed by atoms with van der Waals surface area (Å²) in [6, 6.07) is 19.0. The first-order chi connectivity index (χ1) is 21.1. The first-order valence-corrected chi connectivity index (χ1v) is 16.3. The zero-order valence-electron chi connectivity index (χ0n) is 24.6. The minimum atomic E-state index is -1.10. The largest absolute Gasteiger partial charge is 0.633 e. The molecule has 0 radical (unpaired) electrons. The maximum atomic E-state index is 13.2. The van der Waals surface area contributed by atoms with E-state index in [2.05, 4.69) is 16.4 Å². The van der Waals surface area contributed by atoms with Gasteiger partial charge in [-0.05, 0) is 72.5 Å². The van der Waals surface area contributed by atoms with Crippen molar-refractivity contribution < 1.29 is 23.6 Å². The van der Waals surface area contributed by atoms with Crippen LogP contribution in [0, 0.1) is 22.5 Å². The van der Waals surface area contributed by atoms with E-state index >= 15 is 0 Å². The van der Waals surface area contributed by atoms with Crippen molar-refractivity contribution in [2.24, 2.45) is 5.92 Å². The Hall–Kier alpha value is -4.08. The van der Waals surface area contributed by atoms with Gasteiger partial charge in [-0.3, -0.25) is 19.4 Å². The zero-order chi connectivity index (χ0) is 31.3. The number of carbonyl (C=O) groups excluding carboxylic acids is 3. The number of piperidine rings is 2. The van der Waals surface area contributed by atoms with E-state index in [1.165, 1.54) is 12.3 Å². The number of likely N-dealkylation sites (tertiary alicyclic amines) is 2. The van der Waals surface area contributed by atoms with Crippen molar-refractivity contribution in [2.75, 3.05) is 32.4 Å². The first kappa shape index (κ1) is 31.3. The molecule has 2 saturated heterocycles. The predicted molar refractivity (Wildman–Crippen MR) is 165 cm³/mol. The summed E-state index contributed by atoms with van der Waals surface area (Å²) in [6.07, 6.45) is 5.21. The second kappa shape index (κ2) is 13.7. The Labute approximate surface area is 260 Å². The van der Waals surface area contributed by atoms with Gasteiger partial charge in [-0.15, -0.1) is 0 Å². The van der Waals surface area contributed by atoms with Gasteiger partial charge < -0.3 is 24.6 Å². The van der Waals surface area contributed by atoms with Crippen molar-refractivity contribution in [1.82, 2.24) is 15.2 Å². The molecule has 0 spiro atoms. The standard InChI is InChI=1S/C33H35N5O5S/c1-44(43)29-9-6-25(7-10-29)31(39)26-12-16-37(17-13-26)33(41)27-8-11-30(35-21-27)32(40)36-28-14-18-38(42,19-15-28)22-24-4-2-23(20-34)3-5-24/h2-11,21,26,28H,12-19,22H2,1H3,(H,36,40). The van der Waals surface area contributed by atoms with Gasteiger partial charge in [0.05, 0.1) is 30.3 Å². The van der Waals surface area contributed by atoms with E-state index in [4.69, 9.17) is 5.26 Å². The Morgan fingerprint density at radius 1 is 0.977 bits per heavy atom. The molecular formula is C33H35N5O5S. The van der Waals surface area contributed by atoms with Gasteiger partial charge in [0.25, 0.3) is 11.8 Å². The van der Waals surface area contributed by atoms with Crippen LogP contribution in [0.2, 0.25) is 0 Å². The average Bonchev–Trinajstić information content (AvgIpc) is 3.05. The lowest BCUT2D eigenvalue weighted by Gasteiger charge is -2.47. The number of hydrogen-bond acceptors (Lipinski definition) is 7. The van der Waals surface area contributed by atoms with Crippen LogP contribution in [0.3, 0.4) is 0 Å². The summed E-state index contributed by atoms with van der Waals surface area (Å²) >= 11 is -1.10. The van der Waals surface area contributed by atoms with Gasteiger partial charge in [0, 0.05) is 55.2 Å². The Morgan fingerprint density at radius 2 is 1.61 bits per heavy atom. The Bertz CT molecular complexity index is 1520. The fourth-order valence-electron chi connectivity index (χ4n) is 5.85. The van der Waals surface area contributed by atoms with E-state index in [1.807, 2.05) is 12.1 Å². The molecule has 0 aliphatic carbocycles. The van der Waals surface area contributed by atoms with Gasteiger partial charge in [0.15, 0.2) is 10.7 Å². The SMILES string of the molecule is C[S+]([O-])c1ccc(C(=O)C2CCN(C(=O)c3ccc(C(=O)NC4CC[N+]([O-])(Cc5ccc(C#N)cc5)CC4)nc3)CC2)cc1. The number of ketones is 1. The highest BCUT2D eigenvalue weighted by Crippen LogP contribution is 2.25. The highest BCUT2D eigenvalue weighted by molar-refractivity contribution is 7.90. The molecule has 2 aromatic carbocycles. The third kappa shape index (κ3) is 7.52. The van der Waals surface area contributed by atoms with E-state index in [0.717, 1.165) is 5.56 Å². The molecule has 10 nitrogen and oxygen atoms in total. The number of quaternary nitrogens is 1. The van der Waals surface area contributed by atoms with Crippen LogP contribution in [-0.4, -0.2) is 75.2 Å². The molecule has 2 aliphatic heterocycles. The van der Waals surface area contributed by atoms with E-state index in [1.54, 1.807) is 53.6 Å². The molecule has 1 N–H and O–H groups in total.